The van der Waals surface area contributed by atoms with E-state index in [-0.39, 0.29) is 5.69 Å². The lowest BCUT2D eigenvalue weighted by Gasteiger charge is -2.19. The number of ether oxygens (including phenoxy) is 1. The van der Waals surface area contributed by atoms with E-state index in [4.69, 9.17) is 0 Å². The third-order valence-corrected chi connectivity index (χ3v) is 3.45. The maximum absolute atomic E-state index is 13.6. The summed E-state index contributed by atoms with van der Waals surface area (Å²) in [4.78, 5) is 24.8. The number of nitrogens with zero attached hydrogens (tertiary/aromatic N) is 1. The highest BCUT2D eigenvalue weighted by atomic mass is 19.3. The van der Waals surface area contributed by atoms with Crippen molar-refractivity contribution in [2.75, 3.05) is 11.9 Å². The first-order chi connectivity index (χ1) is 13.0. The number of amides is 3. The normalized spacial score (nSPS) is 11.3. The second kappa shape index (κ2) is 8.19. The van der Waals surface area contributed by atoms with Crippen LogP contribution in [-0.2, 0) is 0 Å². The maximum Gasteiger partial charge on any atom is 0.461 e. The molecular weight excluding hydrogens is 394 g/mol. The van der Waals surface area contributed by atoms with Crippen molar-refractivity contribution in [3.63, 3.8) is 0 Å². The van der Waals surface area contributed by atoms with Crippen LogP contribution >= 0.6 is 0 Å². The van der Waals surface area contributed by atoms with Gasteiger partial charge >= 0.3 is 18.6 Å². The minimum absolute atomic E-state index is 0.0482. The van der Waals surface area contributed by atoms with Gasteiger partial charge in [0.15, 0.2) is 0 Å². The van der Waals surface area contributed by atoms with E-state index in [1.165, 1.54) is 7.05 Å². The minimum atomic E-state index is -4.69. The van der Waals surface area contributed by atoms with Crippen molar-refractivity contribution in [2.45, 2.75) is 12.5 Å². The molecule has 0 aliphatic rings. The summed E-state index contributed by atoms with van der Waals surface area (Å²) in [7, 11) is 1.17. The zero-order chi connectivity index (χ0) is 21.1. The number of rotatable bonds is 5. The van der Waals surface area contributed by atoms with E-state index in [1.807, 2.05) is 0 Å². The maximum atomic E-state index is 13.6. The van der Waals surface area contributed by atoms with E-state index >= 15 is 0 Å². The summed E-state index contributed by atoms with van der Waals surface area (Å²) < 4.78 is 80.9. The first-order valence-electron chi connectivity index (χ1n) is 7.51. The molecule has 0 radical (unpaired) electrons. The summed E-state index contributed by atoms with van der Waals surface area (Å²) in [6.07, 6.45) is -8.73. The largest absolute Gasteiger partial charge is 0.461 e. The van der Waals surface area contributed by atoms with Crippen molar-refractivity contribution < 1.29 is 40.7 Å². The van der Waals surface area contributed by atoms with Crippen LogP contribution < -0.4 is 15.0 Å². The van der Waals surface area contributed by atoms with E-state index in [0.29, 0.717) is 0 Å². The molecule has 0 bridgehead atoms. The lowest BCUT2D eigenvalue weighted by atomic mass is 10.2. The van der Waals surface area contributed by atoms with Gasteiger partial charge in [0.2, 0.25) is 0 Å². The first kappa shape index (κ1) is 21.1. The fraction of sp³-hybridized carbons (Fsp3) is 0.176. The van der Waals surface area contributed by atoms with Gasteiger partial charge in [0.05, 0.1) is 0 Å². The van der Waals surface area contributed by atoms with Crippen molar-refractivity contribution in [1.29, 1.82) is 0 Å². The molecule has 0 fully saturated rings. The van der Waals surface area contributed by atoms with Crippen molar-refractivity contribution in [2.24, 2.45) is 0 Å². The molecule has 0 aliphatic carbocycles. The number of imide groups is 1. The van der Waals surface area contributed by atoms with Crippen LogP contribution in [0.25, 0.3) is 0 Å². The van der Waals surface area contributed by atoms with Crippen LogP contribution in [0.5, 0.6) is 5.75 Å². The molecule has 0 aromatic heterocycles. The Morgan fingerprint density at radius 1 is 1.04 bits per heavy atom. The fourth-order valence-electron chi connectivity index (χ4n) is 2.01. The standard InChI is InChI=1S/C17H12F6N2O3/c1-25(9-5-7-10(8-6-9)28-17(22,23)15(20)21)16(27)24-14(26)13-11(18)3-2-4-12(13)19/h2-8,15H,1H3,(H,24,26,27). The molecular formula is C17H12F6N2O3. The van der Waals surface area contributed by atoms with Crippen molar-refractivity contribution in [1.82, 2.24) is 5.32 Å². The van der Waals surface area contributed by atoms with Gasteiger partial charge in [-0.15, -0.1) is 0 Å². The van der Waals surface area contributed by atoms with Crippen LogP contribution in [0.2, 0.25) is 0 Å². The number of carbonyl (C=O) groups is 2. The van der Waals surface area contributed by atoms with Crippen molar-refractivity contribution in [3.8, 4) is 5.75 Å². The Bertz CT molecular complexity index is 853. The van der Waals surface area contributed by atoms with Crippen LogP contribution in [0.15, 0.2) is 42.5 Å². The molecule has 150 valence electrons. The van der Waals surface area contributed by atoms with E-state index < -0.39 is 47.4 Å². The highest BCUT2D eigenvalue weighted by Gasteiger charge is 2.43. The van der Waals surface area contributed by atoms with E-state index in [2.05, 4.69) is 4.74 Å². The number of hydrogen-bond donors (Lipinski definition) is 1. The molecule has 0 spiro atoms. The molecule has 5 nitrogen and oxygen atoms in total. The molecule has 2 aromatic rings. The van der Waals surface area contributed by atoms with Gasteiger partial charge in [0.25, 0.3) is 5.91 Å². The van der Waals surface area contributed by atoms with Gasteiger partial charge in [0, 0.05) is 12.7 Å². The summed E-state index contributed by atoms with van der Waals surface area (Å²) in [5, 5.41) is 1.76. The smallest absolute Gasteiger partial charge is 0.428 e. The molecule has 11 heteroatoms. The lowest BCUT2D eigenvalue weighted by Crippen LogP contribution is -2.41. The fourth-order valence-corrected chi connectivity index (χ4v) is 2.01. The van der Waals surface area contributed by atoms with Crippen molar-refractivity contribution in [3.05, 3.63) is 59.7 Å². The Morgan fingerprint density at radius 3 is 2.07 bits per heavy atom. The third-order valence-electron chi connectivity index (χ3n) is 3.45. The monoisotopic (exact) mass is 406 g/mol. The highest BCUT2D eigenvalue weighted by molar-refractivity contribution is 6.08. The molecule has 0 aliphatic heterocycles. The zero-order valence-corrected chi connectivity index (χ0v) is 14.1. The molecule has 0 unspecified atom stereocenters. The van der Waals surface area contributed by atoms with Crippen LogP contribution in [0, 0.1) is 11.6 Å². The van der Waals surface area contributed by atoms with Crippen molar-refractivity contribution >= 4 is 17.6 Å². The van der Waals surface area contributed by atoms with Crippen LogP contribution in [0.1, 0.15) is 10.4 Å². The number of hydrogen-bond acceptors (Lipinski definition) is 3. The predicted octanol–water partition coefficient (Wildman–Crippen LogP) is 4.19. The Labute approximate surface area is 154 Å². The van der Waals surface area contributed by atoms with E-state index in [1.54, 1.807) is 5.32 Å². The molecule has 0 saturated heterocycles. The van der Waals surface area contributed by atoms with Crippen LogP contribution in [-0.4, -0.2) is 31.5 Å². The molecule has 0 atom stereocenters. The molecule has 0 saturated carbocycles. The van der Waals surface area contributed by atoms with E-state index in [9.17, 15) is 35.9 Å². The Hall–Kier alpha value is -3.24. The molecule has 1 N–H and O–H groups in total. The minimum Gasteiger partial charge on any atom is -0.428 e. The van der Waals surface area contributed by atoms with Crippen LogP contribution in [0.4, 0.5) is 36.8 Å². The predicted molar refractivity (Wildman–Crippen MR) is 85.6 cm³/mol. The number of urea groups is 1. The molecule has 3 amide bonds. The van der Waals surface area contributed by atoms with Gasteiger partial charge in [-0.1, -0.05) is 6.07 Å². The topological polar surface area (TPSA) is 58.6 Å². The Morgan fingerprint density at radius 2 is 1.57 bits per heavy atom. The molecule has 2 aromatic carbocycles. The number of alkyl halides is 4. The molecule has 2 rings (SSSR count). The van der Waals surface area contributed by atoms with Gasteiger partial charge in [-0.2, -0.15) is 17.6 Å². The lowest BCUT2D eigenvalue weighted by molar-refractivity contribution is -0.253. The number of halogens is 6. The third kappa shape index (κ3) is 4.72. The van der Waals surface area contributed by atoms with Crippen LogP contribution in [0.3, 0.4) is 0 Å². The van der Waals surface area contributed by atoms with Gasteiger partial charge < -0.3 is 4.74 Å². The van der Waals surface area contributed by atoms with Gasteiger partial charge in [0.1, 0.15) is 22.9 Å². The quantitative estimate of drug-likeness (QED) is 0.758. The number of anilines is 1. The average Bonchev–Trinajstić information content (AvgIpc) is 2.61. The number of nitrogens with one attached hydrogen (secondary N) is 1. The summed E-state index contributed by atoms with van der Waals surface area (Å²) in [6.45, 7) is 0. The number of carbonyl (C=O) groups excluding carboxylic acids is 2. The Kier molecular flexibility index (Phi) is 6.16. The Balaban J connectivity index is 2.08. The summed E-state index contributed by atoms with van der Waals surface area (Å²) in [6, 6.07) is 5.56. The summed E-state index contributed by atoms with van der Waals surface area (Å²) in [5.74, 6) is -4.26. The first-order valence-corrected chi connectivity index (χ1v) is 7.51. The van der Waals surface area contributed by atoms with E-state index in [0.717, 1.165) is 47.4 Å². The molecule has 0 heterocycles. The van der Waals surface area contributed by atoms with Gasteiger partial charge in [-0.05, 0) is 36.4 Å². The second-order valence-corrected chi connectivity index (χ2v) is 5.37. The zero-order valence-electron chi connectivity index (χ0n) is 14.1. The SMILES string of the molecule is CN(C(=O)NC(=O)c1c(F)cccc1F)c1ccc(OC(F)(F)C(F)F)cc1. The highest BCUT2D eigenvalue weighted by Crippen LogP contribution is 2.28. The molecule has 28 heavy (non-hydrogen) atoms. The number of benzene rings is 2. The van der Waals surface area contributed by atoms with Gasteiger partial charge in [-0.3, -0.25) is 15.0 Å². The summed E-state index contributed by atoms with van der Waals surface area (Å²) >= 11 is 0. The summed E-state index contributed by atoms with van der Waals surface area (Å²) in [5.41, 5.74) is -0.908. The average molecular weight is 406 g/mol. The van der Waals surface area contributed by atoms with Gasteiger partial charge in [-0.25, -0.2) is 13.6 Å². The second-order valence-electron chi connectivity index (χ2n) is 5.37.